The van der Waals surface area contributed by atoms with Crippen molar-refractivity contribution in [1.82, 2.24) is 0 Å². The zero-order valence-electron chi connectivity index (χ0n) is 21.8. The first-order valence-electron chi connectivity index (χ1n) is 13.8. The van der Waals surface area contributed by atoms with Crippen molar-refractivity contribution in [3.05, 3.63) is 0 Å². The standard InChI is InChI=1S/C28H54O3/c1-7-13-15-23(9-3)17-25(27(11-5)19-29-20-27)31-26(28(12-6)21-30-22-28)18-24(10-4)16-14-8-2/h23-26H,7-22H2,1-6H3. The lowest BCUT2D eigenvalue weighted by Gasteiger charge is -2.53. The van der Waals surface area contributed by atoms with Crippen LogP contribution in [0.4, 0.5) is 0 Å². The third-order valence-corrected chi connectivity index (χ3v) is 8.84. The Morgan fingerprint density at radius 3 is 1.26 bits per heavy atom. The molecule has 31 heavy (non-hydrogen) atoms. The lowest BCUT2D eigenvalue weighted by Crippen LogP contribution is -2.58. The van der Waals surface area contributed by atoms with Gasteiger partial charge in [0, 0.05) is 10.8 Å². The predicted molar refractivity (Wildman–Crippen MR) is 132 cm³/mol. The van der Waals surface area contributed by atoms with Crippen LogP contribution in [0.1, 0.15) is 119 Å². The van der Waals surface area contributed by atoms with Crippen LogP contribution in [0.25, 0.3) is 0 Å². The second kappa shape index (κ2) is 13.6. The molecule has 4 atom stereocenters. The van der Waals surface area contributed by atoms with Gasteiger partial charge in [0.25, 0.3) is 0 Å². The molecule has 3 nitrogen and oxygen atoms in total. The summed E-state index contributed by atoms with van der Waals surface area (Å²) in [7, 11) is 0. The fourth-order valence-electron chi connectivity index (χ4n) is 5.63. The van der Waals surface area contributed by atoms with Gasteiger partial charge in [-0.3, -0.25) is 0 Å². The SMILES string of the molecule is CCCCC(CC)CC(OC(CC(CC)CCCC)C1(CC)COC1)C1(CC)COC1. The molecule has 0 aromatic rings. The van der Waals surface area contributed by atoms with E-state index < -0.39 is 0 Å². The van der Waals surface area contributed by atoms with Gasteiger partial charge in [-0.15, -0.1) is 0 Å². The van der Waals surface area contributed by atoms with E-state index in [0.717, 1.165) is 51.1 Å². The van der Waals surface area contributed by atoms with Crippen molar-refractivity contribution in [2.24, 2.45) is 22.7 Å². The molecule has 0 amide bonds. The molecule has 0 radical (unpaired) electrons. The van der Waals surface area contributed by atoms with Gasteiger partial charge in [0.15, 0.2) is 0 Å². The summed E-state index contributed by atoms with van der Waals surface area (Å²) in [6, 6.07) is 0. The average molecular weight is 439 g/mol. The van der Waals surface area contributed by atoms with Gasteiger partial charge in [0.1, 0.15) is 0 Å². The van der Waals surface area contributed by atoms with Gasteiger partial charge in [0.2, 0.25) is 0 Å². The molecule has 0 saturated carbocycles. The summed E-state index contributed by atoms with van der Waals surface area (Å²) in [6.45, 7) is 17.6. The molecule has 2 aliphatic heterocycles. The fourth-order valence-corrected chi connectivity index (χ4v) is 5.63. The number of ether oxygens (including phenoxy) is 3. The topological polar surface area (TPSA) is 27.7 Å². The highest BCUT2D eigenvalue weighted by atomic mass is 16.5. The molecule has 3 heteroatoms. The van der Waals surface area contributed by atoms with E-state index in [4.69, 9.17) is 14.2 Å². The molecule has 0 aromatic carbocycles. The summed E-state index contributed by atoms with van der Waals surface area (Å²) in [5, 5.41) is 0. The van der Waals surface area contributed by atoms with Gasteiger partial charge in [-0.2, -0.15) is 0 Å². The molecule has 4 unspecified atom stereocenters. The van der Waals surface area contributed by atoms with Crippen LogP contribution >= 0.6 is 0 Å². The highest BCUT2D eigenvalue weighted by molar-refractivity contribution is 4.98. The van der Waals surface area contributed by atoms with Gasteiger partial charge >= 0.3 is 0 Å². The van der Waals surface area contributed by atoms with Gasteiger partial charge in [-0.05, 0) is 37.5 Å². The van der Waals surface area contributed by atoms with E-state index >= 15 is 0 Å². The smallest absolute Gasteiger partial charge is 0.0682 e. The molecule has 2 heterocycles. The Labute approximate surface area is 194 Å². The highest BCUT2D eigenvalue weighted by Crippen LogP contribution is 2.46. The Morgan fingerprint density at radius 2 is 1.03 bits per heavy atom. The van der Waals surface area contributed by atoms with Crippen molar-refractivity contribution in [1.29, 1.82) is 0 Å². The highest BCUT2D eigenvalue weighted by Gasteiger charge is 2.51. The van der Waals surface area contributed by atoms with Crippen LogP contribution in [0.3, 0.4) is 0 Å². The van der Waals surface area contributed by atoms with E-state index in [0.29, 0.717) is 12.2 Å². The van der Waals surface area contributed by atoms with Gasteiger partial charge in [-0.1, -0.05) is 92.9 Å². The fraction of sp³-hybridized carbons (Fsp3) is 1.00. The minimum Gasteiger partial charge on any atom is -0.380 e. The van der Waals surface area contributed by atoms with Crippen LogP contribution in [0, 0.1) is 22.7 Å². The molecule has 0 N–H and O–H groups in total. The first-order valence-corrected chi connectivity index (χ1v) is 13.8. The van der Waals surface area contributed by atoms with Gasteiger partial charge < -0.3 is 14.2 Å². The molecule has 0 spiro atoms. The third kappa shape index (κ3) is 6.93. The lowest BCUT2D eigenvalue weighted by atomic mass is 9.71. The zero-order valence-corrected chi connectivity index (χ0v) is 21.8. The van der Waals surface area contributed by atoms with Crippen LogP contribution in [0.5, 0.6) is 0 Å². The van der Waals surface area contributed by atoms with E-state index in [1.165, 1.54) is 64.2 Å². The molecule has 0 bridgehead atoms. The summed E-state index contributed by atoms with van der Waals surface area (Å²) in [4.78, 5) is 0. The summed E-state index contributed by atoms with van der Waals surface area (Å²) < 4.78 is 18.9. The molecular formula is C28H54O3. The number of hydrogen-bond acceptors (Lipinski definition) is 3. The Bertz CT molecular complexity index is 416. The minimum atomic E-state index is 0.225. The second-order valence-electron chi connectivity index (χ2n) is 10.8. The van der Waals surface area contributed by atoms with Crippen LogP contribution in [0.2, 0.25) is 0 Å². The molecular weight excluding hydrogens is 384 g/mol. The van der Waals surface area contributed by atoms with E-state index in [1.807, 2.05) is 0 Å². The van der Waals surface area contributed by atoms with Crippen molar-refractivity contribution in [2.45, 2.75) is 131 Å². The van der Waals surface area contributed by atoms with Crippen molar-refractivity contribution in [3.8, 4) is 0 Å². The molecule has 2 saturated heterocycles. The summed E-state index contributed by atoms with van der Waals surface area (Å²) in [5.41, 5.74) is 0.450. The Morgan fingerprint density at radius 1 is 0.645 bits per heavy atom. The summed E-state index contributed by atoms with van der Waals surface area (Å²) >= 11 is 0. The maximum Gasteiger partial charge on any atom is 0.0682 e. The van der Waals surface area contributed by atoms with E-state index in [9.17, 15) is 0 Å². The maximum absolute atomic E-state index is 7.31. The second-order valence-corrected chi connectivity index (χ2v) is 10.8. The third-order valence-electron chi connectivity index (χ3n) is 8.84. The quantitative estimate of drug-likeness (QED) is 0.218. The summed E-state index contributed by atoms with van der Waals surface area (Å²) in [6.07, 6.45) is 15.9. The molecule has 2 rings (SSSR count). The number of rotatable bonds is 18. The predicted octanol–water partition coefficient (Wildman–Crippen LogP) is 7.81. The normalized spacial score (nSPS) is 23.4. The van der Waals surface area contributed by atoms with Gasteiger partial charge in [0.05, 0.1) is 38.6 Å². The first-order chi connectivity index (χ1) is 15.0. The molecule has 2 aliphatic rings. The van der Waals surface area contributed by atoms with Crippen molar-refractivity contribution in [2.75, 3.05) is 26.4 Å². The number of unbranched alkanes of at least 4 members (excludes halogenated alkanes) is 2. The Balaban J connectivity index is 2.21. The Hall–Kier alpha value is -0.120. The van der Waals surface area contributed by atoms with Crippen LogP contribution in [-0.2, 0) is 14.2 Å². The molecule has 0 aliphatic carbocycles. The molecule has 2 fully saturated rings. The molecule has 184 valence electrons. The minimum absolute atomic E-state index is 0.225. The van der Waals surface area contributed by atoms with Crippen LogP contribution in [0.15, 0.2) is 0 Å². The van der Waals surface area contributed by atoms with Crippen LogP contribution in [-0.4, -0.2) is 38.6 Å². The Kier molecular flexibility index (Phi) is 11.9. The van der Waals surface area contributed by atoms with Crippen LogP contribution < -0.4 is 0 Å². The lowest BCUT2D eigenvalue weighted by molar-refractivity contribution is -0.255. The van der Waals surface area contributed by atoms with E-state index in [1.54, 1.807) is 0 Å². The van der Waals surface area contributed by atoms with E-state index in [-0.39, 0.29) is 10.8 Å². The largest absolute Gasteiger partial charge is 0.380 e. The first kappa shape index (κ1) is 27.1. The van der Waals surface area contributed by atoms with E-state index in [2.05, 4.69) is 41.5 Å². The van der Waals surface area contributed by atoms with Gasteiger partial charge in [-0.25, -0.2) is 0 Å². The summed E-state index contributed by atoms with van der Waals surface area (Å²) in [5.74, 6) is 1.54. The monoisotopic (exact) mass is 438 g/mol. The maximum atomic E-state index is 7.31. The van der Waals surface area contributed by atoms with Crippen molar-refractivity contribution < 1.29 is 14.2 Å². The number of hydrogen-bond donors (Lipinski definition) is 0. The molecule has 0 aromatic heterocycles. The van der Waals surface area contributed by atoms with Crippen molar-refractivity contribution in [3.63, 3.8) is 0 Å². The van der Waals surface area contributed by atoms with Crippen molar-refractivity contribution >= 4 is 0 Å². The average Bonchev–Trinajstić information content (AvgIpc) is 2.72. The zero-order chi connectivity index (χ0) is 22.7.